The molecule has 148 valence electrons. The zero-order chi connectivity index (χ0) is 20.8. The summed E-state index contributed by atoms with van der Waals surface area (Å²) in [7, 11) is 3.27. The van der Waals surface area contributed by atoms with Crippen molar-refractivity contribution in [2.24, 2.45) is 9.98 Å². The van der Waals surface area contributed by atoms with Gasteiger partial charge in [-0.25, -0.2) is 9.98 Å². The van der Waals surface area contributed by atoms with Crippen LogP contribution in [0.15, 0.2) is 107 Å². The van der Waals surface area contributed by atoms with E-state index in [2.05, 4.69) is 0 Å². The Kier molecular flexibility index (Phi) is 5.85. The summed E-state index contributed by atoms with van der Waals surface area (Å²) in [5.74, 6) is 1.14. The predicted octanol–water partition coefficient (Wildman–Crippen LogP) is 6.29. The molecule has 0 amide bonds. The van der Waals surface area contributed by atoms with Gasteiger partial charge in [0.15, 0.2) is 0 Å². The second kappa shape index (κ2) is 9.05. The van der Waals surface area contributed by atoms with Crippen LogP contribution < -0.4 is 0 Å². The van der Waals surface area contributed by atoms with Gasteiger partial charge in [0.25, 0.3) is 0 Å². The van der Waals surface area contributed by atoms with Crippen molar-refractivity contribution in [3.05, 3.63) is 108 Å². The molecule has 0 fully saturated rings. The van der Waals surface area contributed by atoms with Crippen molar-refractivity contribution in [2.45, 2.75) is 0 Å². The molecular weight excluding hydrogens is 372 g/mol. The highest BCUT2D eigenvalue weighted by molar-refractivity contribution is 6.05. The SMILES string of the molecule is CO/C(=N\c1ccc(/N=C(\OC)c2ccccc2)c2ccccc12)c1ccccc1. The molecule has 0 bridgehead atoms. The smallest absolute Gasteiger partial charge is 0.221 e. The zero-order valence-corrected chi connectivity index (χ0v) is 16.9. The molecule has 4 aromatic rings. The van der Waals surface area contributed by atoms with E-state index >= 15 is 0 Å². The van der Waals surface area contributed by atoms with Crippen LogP contribution >= 0.6 is 0 Å². The van der Waals surface area contributed by atoms with E-state index in [0.717, 1.165) is 33.3 Å². The van der Waals surface area contributed by atoms with Crippen LogP contribution in [0.5, 0.6) is 0 Å². The average molecular weight is 394 g/mol. The van der Waals surface area contributed by atoms with Crippen LogP contribution in [0.2, 0.25) is 0 Å². The number of nitrogens with zero attached hydrogens (tertiary/aromatic N) is 2. The molecule has 0 atom stereocenters. The summed E-state index contributed by atoms with van der Waals surface area (Å²) in [5.41, 5.74) is 3.50. The van der Waals surface area contributed by atoms with Crippen molar-refractivity contribution in [1.29, 1.82) is 0 Å². The van der Waals surface area contributed by atoms with Crippen LogP contribution in [0, 0.1) is 0 Å². The number of ether oxygens (including phenoxy) is 2. The second-order valence-corrected chi connectivity index (χ2v) is 6.62. The topological polar surface area (TPSA) is 43.2 Å². The Bertz CT molecular complexity index is 1100. The van der Waals surface area contributed by atoms with Crippen molar-refractivity contribution in [3.63, 3.8) is 0 Å². The number of methoxy groups -OCH3 is 2. The third-order valence-electron chi connectivity index (χ3n) is 4.75. The molecule has 0 aromatic heterocycles. The third-order valence-corrected chi connectivity index (χ3v) is 4.75. The fourth-order valence-electron chi connectivity index (χ4n) is 3.30. The van der Waals surface area contributed by atoms with Gasteiger partial charge in [-0.3, -0.25) is 0 Å². The van der Waals surface area contributed by atoms with E-state index in [9.17, 15) is 0 Å². The molecule has 0 aliphatic rings. The molecule has 4 nitrogen and oxygen atoms in total. The molecular formula is C26H22N2O2. The summed E-state index contributed by atoms with van der Waals surface area (Å²) in [4.78, 5) is 9.58. The van der Waals surface area contributed by atoms with Crippen molar-refractivity contribution in [2.75, 3.05) is 14.2 Å². The minimum absolute atomic E-state index is 0.568. The number of hydrogen-bond donors (Lipinski definition) is 0. The van der Waals surface area contributed by atoms with Gasteiger partial charge in [0, 0.05) is 21.9 Å². The van der Waals surface area contributed by atoms with Gasteiger partial charge >= 0.3 is 0 Å². The molecule has 4 heteroatoms. The lowest BCUT2D eigenvalue weighted by Crippen LogP contribution is -2.03. The molecule has 0 aliphatic heterocycles. The van der Waals surface area contributed by atoms with Crippen molar-refractivity contribution in [1.82, 2.24) is 0 Å². The predicted molar refractivity (Wildman–Crippen MR) is 123 cm³/mol. The highest BCUT2D eigenvalue weighted by atomic mass is 16.5. The van der Waals surface area contributed by atoms with Gasteiger partial charge in [-0.15, -0.1) is 0 Å². The van der Waals surface area contributed by atoms with Crippen LogP contribution in [0.25, 0.3) is 10.8 Å². The number of benzene rings is 4. The maximum atomic E-state index is 5.56. The number of rotatable bonds is 4. The van der Waals surface area contributed by atoms with Gasteiger partial charge in [0.05, 0.1) is 25.6 Å². The van der Waals surface area contributed by atoms with Crippen LogP contribution in [-0.4, -0.2) is 26.0 Å². The summed E-state index contributed by atoms with van der Waals surface area (Å²) in [6.07, 6.45) is 0. The average Bonchev–Trinajstić information content (AvgIpc) is 2.82. The van der Waals surface area contributed by atoms with Gasteiger partial charge in [-0.05, 0) is 36.4 Å². The monoisotopic (exact) mass is 394 g/mol. The fourth-order valence-corrected chi connectivity index (χ4v) is 3.30. The number of hydrogen-bond acceptors (Lipinski definition) is 4. The molecule has 4 rings (SSSR count). The quantitative estimate of drug-likeness (QED) is 0.302. The summed E-state index contributed by atoms with van der Waals surface area (Å²) >= 11 is 0. The molecule has 0 saturated heterocycles. The second-order valence-electron chi connectivity index (χ2n) is 6.62. The van der Waals surface area contributed by atoms with E-state index in [1.807, 2.05) is 97.1 Å². The molecule has 4 aromatic carbocycles. The summed E-state index contributed by atoms with van der Waals surface area (Å²) < 4.78 is 11.1. The fraction of sp³-hybridized carbons (Fsp3) is 0.0769. The molecule has 0 radical (unpaired) electrons. The van der Waals surface area contributed by atoms with Gasteiger partial charge in [0.2, 0.25) is 11.8 Å². The maximum absolute atomic E-state index is 5.56. The molecule has 0 aliphatic carbocycles. The van der Waals surface area contributed by atoms with E-state index in [4.69, 9.17) is 19.5 Å². The molecule has 0 heterocycles. The van der Waals surface area contributed by atoms with E-state index in [1.165, 1.54) is 0 Å². The molecule has 0 spiro atoms. The highest BCUT2D eigenvalue weighted by Crippen LogP contribution is 2.34. The van der Waals surface area contributed by atoms with E-state index in [1.54, 1.807) is 14.2 Å². The van der Waals surface area contributed by atoms with Crippen LogP contribution in [0.4, 0.5) is 11.4 Å². The van der Waals surface area contributed by atoms with Gasteiger partial charge in [-0.2, -0.15) is 0 Å². The van der Waals surface area contributed by atoms with Gasteiger partial charge < -0.3 is 9.47 Å². The lowest BCUT2D eigenvalue weighted by atomic mass is 10.1. The lowest BCUT2D eigenvalue weighted by molar-refractivity contribution is 0.405. The Labute approximate surface area is 176 Å². The number of fused-ring (bicyclic) bond motifs is 1. The molecule has 0 unspecified atom stereocenters. The number of aliphatic imine (C=N–C) groups is 2. The van der Waals surface area contributed by atoms with E-state index < -0.39 is 0 Å². The van der Waals surface area contributed by atoms with Crippen molar-refractivity contribution >= 4 is 33.9 Å². The Morgan fingerprint density at radius 3 is 1.23 bits per heavy atom. The normalized spacial score (nSPS) is 12.1. The Morgan fingerprint density at radius 2 is 0.867 bits per heavy atom. The standard InChI is InChI=1S/C26H22N2O2/c1-29-25(19-11-5-3-6-12-19)27-23-17-18-24(22-16-10-9-15-21(22)23)28-26(30-2)20-13-7-4-8-14-20/h3-18H,1-2H3/b27-25-,28-26-. The summed E-state index contributed by atoms with van der Waals surface area (Å²) in [5, 5.41) is 1.99. The molecule has 0 N–H and O–H groups in total. The minimum Gasteiger partial charge on any atom is -0.481 e. The van der Waals surface area contributed by atoms with E-state index in [-0.39, 0.29) is 0 Å². The first-order valence-electron chi connectivity index (χ1n) is 9.68. The first-order chi connectivity index (χ1) is 14.8. The third kappa shape index (κ3) is 4.08. The molecule has 0 saturated carbocycles. The Balaban J connectivity index is 1.83. The first kappa shape index (κ1) is 19.4. The summed E-state index contributed by atoms with van der Waals surface area (Å²) in [6.45, 7) is 0. The Morgan fingerprint density at radius 1 is 0.500 bits per heavy atom. The van der Waals surface area contributed by atoms with Crippen LogP contribution in [-0.2, 0) is 9.47 Å². The van der Waals surface area contributed by atoms with Crippen molar-refractivity contribution < 1.29 is 9.47 Å². The largest absolute Gasteiger partial charge is 0.481 e. The summed E-state index contributed by atoms with van der Waals surface area (Å²) in [6, 6.07) is 31.7. The van der Waals surface area contributed by atoms with Gasteiger partial charge in [0.1, 0.15) is 0 Å². The zero-order valence-electron chi connectivity index (χ0n) is 16.9. The van der Waals surface area contributed by atoms with E-state index in [0.29, 0.717) is 11.8 Å². The maximum Gasteiger partial charge on any atom is 0.221 e. The minimum atomic E-state index is 0.568. The molecule has 30 heavy (non-hydrogen) atoms. The lowest BCUT2D eigenvalue weighted by Gasteiger charge is -2.10. The highest BCUT2D eigenvalue weighted by Gasteiger charge is 2.10. The van der Waals surface area contributed by atoms with Crippen LogP contribution in [0.3, 0.4) is 0 Å². The van der Waals surface area contributed by atoms with Crippen molar-refractivity contribution in [3.8, 4) is 0 Å². The van der Waals surface area contributed by atoms with Crippen LogP contribution in [0.1, 0.15) is 11.1 Å². The Hall–Kier alpha value is -3.92. The van der Waals surface area contributed by atoms with Gasteiger partial charge in [-0.1, -0.05) is 60.7 Å². The first-order valence-corrected chi connectivity index (χ1v) is 9.68.